The van der Waals surface area contributed by atoms with Crippen LogP contribution in [0.2, 0.25) is 0 Å². The molecule has 1 heterocycles. The van der Waals surface area contributed by atoms with Crippen LogP contribution in [0.3, 0.4) is 0 Å². The van der Waals surface area contributed by atoms with E-state index in [9.17, 15) is 14.4 Å². The van der Waals surface area contributed by atoms with Crippen LogP contribution in [0, 0.1) is 11.8 Å². The molecule has 1 aromatic carbocycles. The van der Waals surface area contributed by atoms with Crippen molar-refractivity contribution in [3.63, 3.8) is 0 Å². The van der Waals surface area contributed by atoms with Crippen molar-refractivity contribution in [1.29, 1.82) is 0 Å². The molecule has 0 spiro atoms. The molecule has 0 bridgehead atoms. The molecule has 5 heteroatoms. The Morgan fingerprint density at radius 3 is 2.37 bits per heavy atom. The maximum atomic E-state index is 12.0. The van der Waals surface area contributed by atoms with E-state index in [1.54, 1.807) is 6.07 Å². The molecule has 1 aliphatic rings. The third-order valence-corrected chi connectivity index (χ3v) is 4.66. The van der Waals surface area contributed by atoms with Gasteiger partial charge in [-0.05, 0) is 36.5 Å². The molecule has 2 N–H and O–H groups in total. The van der Waals surface area contributed by atoms with Gasteiger partial charge < -0.3 is 5.32 Å². The van der Waals surface area contributed by atoms with E-state index in [2.05, 4.69) is 38.0 Å². The van der Waals surface area contributed by atoms with Crippen LogP contribution in [0.4, 0.5) is 0 Å². The average Bonchev–Trinajstić information content (AvgIpc) is 2.94. The summed E-state index contributed by atoms with van der Waals surface area (Å²) in [4.78, 5) is 34.9. The Morgan fingerprint density at radius 1 is 1.15 bits per heavy atom. The molecule has 1 aliphatic heterocycles. The fourth-order valence-corrected chi connectivity index (χ4v) is 2.74. The van der Waals surface area contributed by atoms with E-state index in [0.717, 1.165) is 12.3 Å². The summed E-state index contributed by atoms with van der Waals surface area (Å²) in [6.45, 7) is 13.0. The minimum atomic E-state index is -0.459. The Hall–Kier alpha value is -2.43. The molecule has 0 radical (unpaired) electrons. The van der Waals surface area contributed by atoms with Crippen molar-refractivity contribution < 1.29 is 14.4 Å². The van der Waals surface area contributed by atoms with Gasteiger partial charge in [-0.25, -0.2) is 0 Å². The first-order valence-corrected chi connectivity index (χ1v) is 9.72. The van der Waals surface area contributed by atoms with E-state index in [-0.39, 0.29) is 11.5 Å². The van der Waals surface area contributed by atoms with Gasteiger partial charge in [-0.1, -0.05) is 53.0 Å². The Balaban J connectivity index is 0.000000445. The van der Waals surface area contributed by atoms with Gasteiger partial charge in [0.25, 0.3) is 17.7 Å². The summed E-state index contributed by atoms with van der Waals surface area (Å²) < 4.78 is 0. The Bertz CT molecular complexity index is 682. The molecule has 0 saturated heterocycles. The SMILES string of the molecule is C=CC[C@@H](C)CNC(=O)c1ccc2c(c1)C(=O)NC2=O.CCC[C@@H](C)CC. The predicted molar refractivity (Wildman–Crippen MR) is 109 cm³/mol. The topological polar surface area (TPSA) is 75.3 Å². The van der Waals surface area contributed by atoms with Gasteiger partial charge in [0.2, 0.25) is 0 Å². The van der Waals surface area contributed by atoms with Crippen LogP contribution >= 0.6 is 0 Å². The molecule has 1 aromatic rings. The quantitative estimate of drug-likeness (QED) is 0.526. The molecule has 148 valence electrons. The summed E-state index contributed by atoms with van der Waals surface area (Å²) in [5, 5.41) is 4.99. The third-order valence-electron chi connectivity index (χ3n) is 4.66. The lowest BCUT2D eigenvalue weighted by atomic mass is 10.0. The second-order valence-electron chi connectivity index (χ2n) is 7.19. The first-order valence-electron chi connectivity index (χ1n) is 9.72. The molecule has 0 aliphatic carbocycles. The number of rotatable bonds is 8. The van der Waals surface area contributed by atoms with Crippen LogP contribution < -0.4 is 10.6 Å². The van der Waals surface area contributed by atoms with Gasteiger partial charge in [0.1, 0.15) is 0 Å². The minimum Gasteiger partial charge on any atom is -0.352 e. The molecular formula is C22H32N2O3. The second kappa shape index (κ2) is 11.3. The van der Waals surface area contributed by atoms with Crippen molar-refractivity contribution in [1.82, 2.24) is 10.6 Å². The lowest BCUT2D eigenvalue weighted by molar-refractivity contribution is 0.0878. The van der Waals surface area contributed by atoms with E-state index in [1.165, 1.54) is 31.4 Å². The highest BCUT2D eigenvalue weighted by Gasteiger charge is 2.27. The predicted octanol–water partition coefficient (Wildman–Crippen LogP) is 4.34. The number of hydrogen-bond acceptors (Lipinski definition) is 3. The average molecular weight is 373 g/mol. The molecule has 3 amide bonds. The maximum absolute atomic E-state index is 12.0. The van der Waals surface area contributed by atoms with Crippen LogP contribution in [0.15, 0.2) is 30.9 Å². The van der Waals surface area contributed by atoms with Crippen LogP contribution in [0.25, 0.3) is 0 Å². The summed E-state index contributed by atoms with van der Waals surface area (Å²) >= 11 is 0. The number of carbonyl (C=O) groups is 3. The van der Waals surface area contributed by atoms with E-state index in [1.807, 2.05) is 13.0 Å². The number of carbonyl (C=O) groups excluding carboxylic acids is 3. The summed E-state index contributed by atoms with van der Waals surface area (Å²) in [6, 6.07) is 4.49. The van der Waals surface area contributed by atoms with Crippen molar-refractivity contribution in [2.24, 2.45) is 11.8 Å². The summed E-state index contributed by atoms with van der Waals surface area (Å²) in [5.74, 6) is 0.118. The van der Waals surface area contributed by atoms with Gasteiger partial charge in [-0.15, -0.1) is 6.58 Å². The van der Waals surface area contributed by atoms with E-state index in [4.69, 9.17) is 0 Å². The van der Waals surface area contributed by atoms with Crippen LogP contribution in [0.1, 0.15) is 84.5 Å². The zero-order valence-electron chi connectivity index (χ0n) is 16.9. The smallest absolute Gasteiger partial charge is 0.258 e. The molecule has 0 unspecified atom stereocenters. The molecule has 0 saturated carbocycles. The van der Waals surface area contributed by atoms with Gasteiger partial charge >= 0.3 is 0 Å². The Morgan fingerprint density at radius 2 is 1.81 bits per heavy atom. The summed E-state index contributed by atoms with van der Waals surface area (Å²) in [6.07, 6.45) is 6.71. The minimum absolute atomic E-state index is 0.252. The zero-order valence-corrected chi connectivity index (χ0v) is 16.9. The molecule has 0 aromatic heterocycles. The highest BCUT2D eigenvalue weighted by Crippen LogP contribution is 2.17. The number of hydrogen-bond donors (Lipinski definition) is 2. The maximum Gasteiger partial charge on any atom is 0.258 e. The van der Waals surface area contributed by atoms with Crippen molar-refractivity contribution >= 4 is 17.7 Å². The van der Waals surface area contributed by atoms with Gasteiger partial charge in [0.15, 0.2) is 0 Å². The van der Waals surface area contributed by atoms with Crippen molar-refractivity contribution in [2.45, 2.75) is 53.4 Å². The molecular weight excluding hydrogens is 340 g/mol. The summed E-state index contributed by atoms with van der Waals surface area (Å²) in [5.41, 5.74) is 0.938. The Labute approximate surface area is 162 Å². The van der Waals surface area contributed by atoms with E-state index < -0.39 is 11.8 Å². The van der Waals surface area contributed by atoms with E-state index in [0.29, 0.717) is 23.6 Å². The summed E-state index contributed by atoms with van der Waals surface area (Å²) in [7, 11) is 0. The van der Waals surface area contributed by atoms with Crippen molar-refractivity contribution in [2.75, 3.05) is 6.54 Å². The van der Waals surface area contributed by atoms with Gasteiger partial charge in [-0.2, -0.15) is 0 Å². The fourth-order valence-electron chi connectivity index (χ4n) is 2.74. The second-order valence-corrected chi connectivity index (χ2v) is 7.19. The standard InChI is InChI=1S/C15H16N2O3.C7H16/c1-3-4-9(2)8-16-13(18)10-5-6-11-12(7-10)15(20)17-14(11)19;1-4-6-7(3)5-2/h3,5-7,9H,1,4,8H2,2H3,(H,16,18)(H,17,19,20);7H,4-6H2,1-3H3/t9-;7-/m10/s1. The zero-order chi connectivity index (χ0) is 20.4. The number of allylic oxidation sites excluding steroid dienone is 1. The lowest BCUT2D eigenvalue weighted by Gasteiger charge is -2.10. The first-order chi connectivity index (χ1) is 12.8. The number of fused-ring (bicyclic) bond motifs is 1. The molecule has 27 heavy (non-hydrogen) atoms. The number of benzene rings is 1. The van der Waals surface area contributed by atoms with Gasteiger partial charge in [0, 0.05) is 12.1 Å². The molecule has 0 fully saturated rings. The Kier molecular flexibility index (Phi) is 9.48. The van der Waals surface area contributed by atoms with Crippen molar-refractivity contribution in [3.05, 3.63) is 47.5 Å². The first kappa shape index (κ1) is 22.6. The number of imide groups is 1. The van der Waals surface area contributed by atoms with E-state index >= 15 is 0 Å². The normalized spacial score (nSPS) is 14.4. The highest BCUT2D eigenvalue weighted by molar-refractivity contribution is 6.22. The number of nitrogens with one attached hydrogen (secondary N) is 2. The number of amides is 3. The largest absolute Gasteiger partial charge is 0.352 e. The van der Waals surface area contributed by atoms with Crippen LogP contribution in [-0.4, -0.2) is 24.3 Å². The fraction of sp³-hybridized carbons (Fsp3) is 0.500. The van der Waals surface area contributed by atoms with Crippen LogP contribution in [0.5, 0.6) is 0 Å². The van der Waals surface area contributed by atoms with Gasteiger partial charge in [-0.3, -0.25) is 19.7 Å². The van der Waals surface area contributed by atoms with Gasteiger partial charge in [0.05, 0.1) is 11.1 Å². The molecule has 2 atom stereocenters. The lowest BCUT2D eigenvalue weighted by Crippen LogP contribution is -2.28. The highest BCUT2D eigenvalue weighted by atomic mass is 16.2. The third kappa shape index (κ3) is 7.00. The van der Waals surface area contributed by atoms with Crippen molar-refractivity contribution in [3.8, 4) is 0 Å². The molecule has 2 rings (SSSR count). The monoisotopic (exact) mass is 372 g/mol. The molecule has 5 nitrogen and oxygen atoms in total. The van der Waals surface area contributed by atoms with Crippen LogP contribution in [-0.2, 0) is 0 Å².